The van der Waals surface area contributed by atoms with Gasteiger partial charge in [0, 0.05) is 25.7 Å². The third-order valence-corrected chi connectivity index (χ3v) is 13.1. The molecule has 0 aromatic heterocycles. The van der Waals surface area contributed by atoms with Crippen molar-refractivity contribution in [1.82, 2.24) is 0 Å². The number of fused-ring (bicyclic) bond motifs is 4. The van der Waals surface area contributed by atoms with Gasteiger partial charge in [-0.3, -0.25) is 9.59 Å². The summed E-state index contributed by atoms with van der Waals surface area (Å²) in [5, 5.41) is 10.5. The van der Waals surface area contributed by atoms with Gasteiger partial charge in [0.2, 0.25) is 0 Å². The summed E-state index contributed by atoms with van der Waals surface area (Å²) in [7, 11) is 0. The van der Waals surface area contributed by atoms with Gasteiger partial charge in [0.15, 0.2) is 0 Å². The molecule has 6 aliphatic rings. The Morgan fingerprint density at radius 2 is 1.81 bits per heavy atom. The second kappa shape index (κ2) is 8.04. The van der Waals surface area contributed by atoms with Crippen molar-refractivity contribution in [1.29, 1.82) is 0 Å². The lowest BCUT2D eigenvalue weighted by Crippen LogP contribution is -2.66. The number of rotatable bonds is 5. The first kappa shape index (κ1) is 25.3. The zero-order valence-electron chi connectivity index (χ0n) is 23.5. The fourth-order valence-electron chi connectivity index (χ4n) is 11.0. The number of ether oxygens (including phenoxy) is 2. The Balaban J connectivity index is 1.33. The molecule has 1 N–H and O–H groups in total. The number of aliphatic hydroxyl groups excluding tert-OH is 1. The largest absolute Gasteiger partial charge is 0.462 e. The summed E-state index contributed by atoms with van der Waals surface area (Å²) in [5.74, 6) is 5.24. The van der Waals surface area contributed by atoms with Crippen LogP contribution in [0.5, 0.6) is 0 Å². The molecular weight excluding hydrogens is 452 g/mol. The topological polar surface area (TPSA) is 76.1 Å². The van der Waals surface area contributed by atoms with Gasteiger partial charge in [-0.15, -0.1) is 0 Å². The molecule has 0 aromatic carbocycles. The van der Waals surface area contributed by atoms with Gasteiger partial charge in [0.05, 0.1) is 17.6 Å². The van der Waals surface area contributed by atoms with Crippen LogP contribution in [-0.2, 0) is 19.1 Å². The molecule has 14 atom stereocenters. The average Bonchev–Trinajstić information content (AvgIpc) is 3.67. The molecule has 14 unspecified atom stereocenters. The van der Waals surface area contributed by atoms with Crippen molar-refractivity contribution in [3.8, 4) is 0 Å². The fourth-order valence-corrected chi connectivity index (χ4v) is 11.0. The van der Waals surface area contributed by atoms with E-state index >= 15 is 0 Å². The highest BCUT2D eigenvalue weighted by Crippen LogP contribution is 2.74. The molecular formula is C31H48O5. The van der Waals surface area contributed by atoms with E-state index in [-0.39, 0.29) is 41.7 Å². The van der Waals surface area contributed by atoms with E-state index in [0.717, 1.165) is 36.5 Å². The van der Waals surface area contributed by atoms with Crippen LogP contribution < -0.4 is 0 Å². The minimum absolute atomic E-state index is 0.0121. The van der Waals surface area contributed by atoms with Gasteiger partial charge in [-0.1, -0.05) is 34.6 Å². The summed E-state index contributed by atoms with van der Waals surface area (Å²) in [4.78, 5) is 26.1. The summed E-state index contributed by atoms with van der Waals surface area (Å²) in [5.41, 5.74) is -1.12. The minimum Gasteiger partial charge on any atom is -0.462 e. The monoisotopic (exact) mass is 500 g/mol. The second-order valence-corrected chi connectivity index (χ2v) is 14.8. The van der Waals surface area contributed by atoms with E-state index in [1.54, 1.807) is 0 Å². The Morgan fingerprint density at radius 3 is 2.47 bits per heavy atom. The molecule has 0 aromatic rings. The molecule has 202 valence electrons. The Morgan fingerprint density at radius 1 is 1.08 bits per heavy atom. The molecule has 36 heavy (non-hydrogen) atoms. The second-order valence-electron chi connectivity index (χ2n) is 14.8. The number of hydrogen-bond acceptors (Lipinski definition) is 5. The molecule has 1 aliphatic heterocycles. The zero-order chi connectivity index (χ0) is 25.9. The Kier molecular flexibility index (Phi) is 5.66. The van der Waals surface area contributed by atoms with E-state index in [9.17, 15) is 14.7 Å². The maximum Gasteiger partial charge on any atom is 0.302 e. The maximum atomic E-state index is 13.7. The van der Waals surface area contributed by atoms with Crippen LogP contribution in [0.25, 0.3) is 0 Å². The van der Waals surface area contributed by atoms with E-state index in [0.29, 0.717) is 30.1 Å². The van der Waals surface area contributed by atoms with Crippen molar-refractivity contribution in [2.24, 2.45) is 64.1 Å². The quantitative estimate of drug-likeness (QED) is 0.403. The van der Waals surface area contributed by atoms with Crippen LogP contribution in [0.3, 0.4) is 0 Å². The van der Waals surface area contributed by atoms with Gasteiger partial charge in [0.25, 0.3) is 0 Å². The third-order valence-electron chi connectivity index (χ3n) is 13.1. The van der Waals surface area contributed by atoms with E-state index in [1.165, 1.54) is 26.2 Å². The summed E-state index contributed by atoms with van der Waals surface area (Å²) in [6.45, 7) is 15.8. The minimum atomic E-state index is -0.681. The maximum absolute atomic E-state index is 13.7. The van der Waals surface area contributed by atoms with Crippen LogP contribution in [0.15, 0.2) is 0 Å². The van der Waals surface area contributed by atoms with Crippen LogP contribution in [-0.4, -0.2) is 40.8 Å². The van der Waals surface area contributed by atoms with Gasteiger partial charge in [0.1, 0.15) is 17.5 Å². The van der Waals surface area contributed by atoms with Crippen molar-refractivity contribution in [2.75, 3.05) is 0 Å². The third kappa shape index (κ3) is 3.26. The zero-order valence-corrected chi connectivity index (χ0v) is 23.5. The Bertz CT molecular complexity index is 945. The summed E-state index contributed by atoms with van der Waals surface area (Å²) >= 11 is 0. The SMILES string of the molecule is CC(=O)OC1CC2(C)C(C(C)C3CC3C(C)C(C)C)CCC2C2CC3OC34CC(O)CC(=O)C4(C)C12. The first-order valence-corrected chi connectivity index (χ1v) is 14.9. The number of hydrogen-bond donors (Lipinski definition) is 1. The van der Waals surface area contributed by atoms with E-state index in [4.69, 9.17) is 9.47 Å². The lowest BCUT2D eigenvalue weighted by atomic mass is 9.43. The molecule has 5 aliphatic carbocycles. The molecule has 1 saturated heterocycles. The van der Waals surface area contributed by atoms with Gasteiger partial charge in [-0.05, 0) is 91.8 Å². The number of epoxide rings is 1. The highest BCUT2D eigenvalue weighted by Gasteiger charge is 2.80. The van der Waals surface area contributed by atoms with E-state index in [2.05, 4.69) is 41.5 Å². The number of ketones is 1. The van der Waals surface area contributed by atoms with Crippen LogP contribution in [0.1, 0.15) is 93.4 Å². The smallest absolute Gasteiger partial charge is 0.302 e. The molecule has 6 fully saturated rings. The Labute approximate surface area is 217 Å². The van der Waals surface area contributed by atoms with Crippen molar-refractivity contribution < 1.29 is 24.2 Å². The van der Waals surface area contributed by atoms with Crippen molar-refractivity contribution in [3.63, 3.8) is 0 Å². The van der Waals surface area contributed by atoms with Crippen LogP contribution >= 0.6 is 0 Å². The van der Waals surface area contributed by atoms with Crippen LogP contribution in [0.2, 0.25) is 0 Å². The van der Waals surface area contributed by atoms with Crippen LogP contribution in [0, 0.1) is 64.1 Å². The van der Waals surface area contributed by atoms with Crippen molar-refractivity contribution in [2.45, 2.75) is 117 Å². The summed E-state index contributed by atoms with van der Waals surface area (Å²) in [6.07, 6.45) is 5.54. The Hall–Kier alpha value is -0.940. The number of aliphatic hydroxyl groups is 1. The van der Waals surface area contributed by atoms with Gasteiger partial charge in [-0.25, -0.2) is 0 Å². The number of Topliss-reactive ketones (excluding diaryl/α,β-unsaturated/α-hetero) is 1. The number of carbonyl (C=O) groups excluding carboxylic acids is 2. The highest BCUT2D eigenvalue weighted by atomic mass is 16.6. The molecule has 5 heteroatoms. The lowest BCUT2D eigenvalue weighted by Gasteiger charge is -2.60. The molecule has 5 saturated carbocycles. The highest BCUT2D eigenvalue weighted by molar-refractivity contribution is 5.89. The molecule has 1 heterocycles. The predicted octanol–water partition coefficient (Wildman–Crippen LogP) is 5.42. The first-order chi connectivity index (χ1) is 16.8. The van der Waals surface area contributed by atoms with Gasteiger partial charge >= 0.3 is 5.97 Å². The molecule has 6 rings (SSSR count). The normalized spacial score (nSPS) is 54.6. The first-order valence-electron chi connectivity index (χ1n) is 14.9. The standard InChI is InChI=1S/C31H48O5/c1-15(2)16(3)20-11-21(20)17(4)23-8-9-24-22-12-27-31(36-27)13-19(33)10-26(34)30(31,7)28(22)25(35-18(5)32)14-29(23,24)6/h15-17,19-25,27-28,33H,8-14H2,1-7H3. The van der Waals surface area contributed by atoms with Crippen LogP contribution in [0.4, 0.5) is 0 Å². The lowest BCUT2D eigenvalue weighted by molar-refractivity contribution is -0.194. The molecule has 5 nitrogen and oxygen atoms in total. The molecule has 0 radical (unpaired) electrons. The molecule has 1 spiro atoms. The van der Waals surface area contributed by atoms with Crippen molar-refractivity contribution >= 4 is 11.8 Å². The number of carbonyl (C=O) groups is 2. The van der Waals surface area contributed by atoms with E-state index < -0.39 is 17.1 Å². The average molecular weight is 501 g/mol. The van der Waals surface area contributed by atoms with Crippen molar-refractivity contribution in [3.05, 3.63) is 0 Å². The van der Waals surface area contributed by atoms with E-state index in [1.807, 2.05) is 0 Å². The molecule has 0 amide bonds. The molecule has 0 bridgehead atoms. The summed E-state index contributed by atoms with van der Waals surface area (Å²) in [6, 6.07) is 0. The van der Waals surface area contributed by atoms with Gasteiger partial charge in [-0.2, -0.15) is 0 Å². The van der Waals surface area contributed by atoms with Gasteiger partial charge < -0.3 is 14.6 Å². The fraction of sp³-hybridized carbons (Fsp3) is 0.935. The number of esters is 1. The summed E-state index contributed by atoms with van der Waals surface area (Å²) < 4.78 is 12.6. The predicted molar refractivity (Wildman–Crippen MR) is 137 cm³/mol.